The predicted octanol–water partition coefficient (Wildman–Crippen LogP) is 0.815. The van der Waals surface area contributed by atoms with Crippen LogP contribution in [0.15, 0.2) is 18.5 Å². The maximum Gasteiger partial charge on any atom is 0.0736 e. The van der Waals surface area contributed by atoms with Gasteiger partial charge >= 0.3 is 0 Å². The third kappa shape index (κ3) is 3.29. The molecule has 0 atom stereocenters. The van der Waals surface area contributed by atoms with E-state index in [1.165, 1.54) is 0 Å². The lowest BCUT2D eigenvalue weighted by Gasteiger charge is -2.07. The van der Waals surface area contributed by atoms with Crippen LogP contribution in [-0.4, -0.2) is 18.1 Å². The van der Waals surface area contributed by atoms with E-state index in [2.05, 4.69) is 10.3 Å². The van der Waals surface area contributed by atoms with E-state index in [-0.39, 0.29) is 0 Å². The van der Waals surface area contributed by atoms with Gasteiger partial charge in [0.2, 0.25) is 0 Å². The molecule has 1 aromatic heterocycles. The van der Waals surface area contributed by atoms with E-state index in [1.54, 1.807) is 12.4 Å². The molecule has 0 spiro atoms. The Morgan fingerprint density at radius 3 is 2.92 bits per heavy atom. The summed E-state index contributed by atoms with van der Waals surface area (Å²) in [7, 11) is 0. The van der Waals surface area contributed by atoms with Crippen molar-refractivity contribution in [3.63, 3.8) is 0 Å². The largest absolute Gasteiger partial charge is 0.396 e. The van der Waals surface area contributed by atoms with Crippen molar-refractivity contribution in [2.24, 2.45) is 5.73 Å². The van der Waals surface area contributed by atoms with Crippen LogP contribution >= 0.6 is 0 Å². The van der Waals surface area contributed by atoms with Gasteiger partial charge in [0.05, 0.1) is 17.6 Å². The van der Waals surface area contributed by atoms with Crippen molar-refractivity contribution in [2.75, 3.05) is 24.1 Å². The molecular weight excluding hydrogens is 164 g/mol. The van der Waals surface area contributed by atoms with Crippen molar-refractivity contribution in [3.8, 4) is 0 Å². The summed E-state index contributed by atoms with van der Waals surface area (Å²) in [5.74, 6) is 0. The molecule has 0 bridgehead atoms. The van der Waals surface area contributed by atoms with Gasteiger partial charge < -0.3 is 16.8 Å². The molecule has 1 heterocycles. The van der Waals surface area contributed by atoms with Crippen LogP contribution in [0.5, 0.6) is 0 Å². The lowest BCUT2D eigenvalue weighted by molar-refractivity contribution is 0.774. The van der Waals surface area contributed by atoms with E-state index in [0.717, 1.165) is 31.6 Å². The third-order valence-corrected chi connectivity index (χ3v) is 1.80. The third-order valence-electron chi connectivity index (χ3n) is 1.80. The molecule has 0 amide bonds. The highest BCUT2D eigenvalue weighted by Crippen LogP contribution is 2.14. The van der Waals surface area contributed by atoms with E-state index >= 15 is 0 Å². The molecule has 0 aliphatic rings. The van der Waals surface area contributed by atoms with Gasteiger partial charge in [0.25, 0.3) is 0 Å². The van der Waals surface area contributed by atoms with Crippen LogP contribution in [0.1, 0.15) is 12.8 Å². The molecule has 0 unspecified atom stereocenters. The van der Waals surface area contributed by atoms with Crippen molar-refractivity contribution in [2.45, 2.75) is 12.8 Å². The summed E-state index contributed by atoms with van der Waals surface area (Å²) < 4.78 is 0. The Kier molecular flexibility index (Phi) is 4.05. The number of nitrogen functional groups attached to an aromatic ring is 1. The number of rotatable bonds is 5. The van der Waals surface area contributed by atoms with Crippen molar-refractivity contribution in [1.29, 1.82) is 0 Å². The second-order valence-electron chi connectivity index (χ2n) is 2.89. The minimum Gasteiger partial charge on any atom is -0.396 e. The Balaban J connectivity index is 2.32. The number of nitrogens with zero attached hydrogens (tertiary/aromatic N) is 1. The molecule has 13 heavy (non-hydrogen) atoms. The number of pyridine rings is 1. The average molecular weight is 180 g/mol. The van der Waals surface area contributed by atoms with E-state index < -0.39 is 0 Å². The molecule has 0 fully saturated rings. The highest BCUT2D eigenvalue weighted by molar-refractivity contribution is 5.63. The van der Waals surface area contributed by atoms with E-state index in [1.807, 2.05) is 6.07 Å². The van der Waals surface area contributed by atoms with Crippen molar-refractivity contribution in [1.82, 2.24) is 4.98 Å². The maximum absolute atomic E-state index is 5.69. The summed E-state index contributed by atoms with van der Waals surface area (Å²) in [5, 5.41) is 3.23. The van der Waals surface area contributed by atoms with E-state index in [9.17, 15) is 0 Å². The van der Waals surface area contributed by atoms with Gasteiger partial charge in [-0.1, -0.05) is 0 Å². The Morgan fingerprint density at radius 2 is 2.23 bits per heavy atom. The first-order valence-electron chi connectivity index (χ1n) is 4.48. The van der Waals surface area contributed by atoms with Crippen LogP contribution in [0.4, 0.5) is 11.4 Å². The average Bonchev–Trinajstić information content (AvgIpc) is 2.15. The Labute approximate surface area is 78.3 Å². The molecule has 0 aliphatic carbocycles. The number of nitrogens with one attached hydrogen (secondary N) is 1. The molecule has 4 heteroatoms. The topological polar surface area (TPSA) is 77.0 Å². The van der Waals surface area contributed by atoms with Gasteiger partial charge in [0, 0.05) is 12.7 Å². The lowest BCUT2D eigenvalue weighted by Crippen LogP contribution is -2.07. The Bertz CT molecular complexity index is 249. The SMILES string of the molecule is NCCCCNc1ccncc1N. The predicted molar refractivity (Wildman–Crippen MR) is 55.4 cm³/mol. The standard InChI is InChI=1S/C9H16N4/c10-4-1-2-5-13-9-3-6-12-7-8(9)11/h3,6-7H,1-2,4-5,10-11H2,(H,12,13). The molecule has 72 valence electrons. The minimum atomic E-state index is 0.690. The number of nitrogens with two attached hydrogens (primary N) is 2. The van der Waals surface area contributed by atoms with Gasteiger partial charge in [-0.05, 0) is 25.5 Å². The second-order valence-corrected chi connectivity index (χ2v) is 2.89. The first-order valence-corrected chi connectivity index (χ1v) is 4.48. The van der Waals surface area contributed by atoms with Gasteiger partial charge in [-0.2, -0.15) is 0 Å². The summed E-state index contributed by atoms with van der Waals surface area (Å²) in [6.45, 7) is 1.65. The molecule has 1 rings (SSSR count). The highest BCUT2D eigenvalue weighted by atomic mass is 14.9. The van der Waals surface area contributed by atoms with Crippen LogP contribution in [0, 0.1) is 0 Å². The Morgan fingerprint density at radius 1 is 1.38 bits per heavy atom. The first-order chi connectivity index (χ1) is 6.34. The second kappa shape index (κ2) is 5.37. The monoisotopic (exact) mass is 180 g/mol. The molecule has 0 saturated heterocycles. The van der Waals surface area contributed by atoms with Crippen LogP contribution < -0.4 is 16.8 Å². The van der Waals surface area contributed by atoms with Gasteiger partial charge in [0.1, 0.15) is 0 Å². The fraction of sp³-hybridized carbons (Fsp3) is 0.444. The van der Waals surface area contributed by atoms with E-state index in [4.69, 9.17) is 11.5 Å². The first kappa shape index (κ1) is 9.80. The highest BCUT2D eigenvalue weighted by Gasteiger charge is 1.95. The molecule has 0 saturated carbocycles. The van der Waals surface area contributed by atoms with Crippen molar-refractivity contribution < 1.29 is 0 Å². The van der Waals surface area contributed by atoms with Crippen LogP contribution in [-0.2, 0) is 0 Å². The molecule has 0 aromatic carbocycles. The fourth-order valence-electron chi connectivity index (χ4n) is 1.06. The lowest BCUT2D eigenvalue weighted by atomic mass is 10.3. The summed E-state index contributed by atoms with van der Waals surface area (Å²) in [6.07, 6.45) is 5.48. The van der Waals surface area contributed by atoms with Crippen molar-refractivity contribution >= 4 is 11.4 Å². The van der Waals surface area contributed by atoms with Crippen molar-refractivity contribution in [3.05, 3.63) is 18.5 Å². The van der Waals surface area contributed by atoms with Gasteiger partial charge in [-0.3, -0.25) is 4.98 Å². The maximum atomic E-state index is 5.69. The van der Waals surface area contributed by atoms with Crippen LogP contribution in [0.3, 0.4) is 0 Å². The fourth-order valence-corrected chi connectivity index (χ4v) is 1.06. The van der Waals surface area contributed by atoms with Gasteiger partial charge in [-0.15, -0.1) is 0 Å². The minimum absolute atomic E-state index is 0.690. The molecule has 0 radical (unpaired) electrons. The number of hydrogen-bond donors (Lipinski definition) is 3. The van der Waals surface area contributed by atoms with Crippen LogP contribution in [0.2, 0.25) is 0 Å². The van der Waals surface area contributed by atoms with E-state index in [0.29, 0.717) is 5.69 Å². The zero-order chi connectivity index (χ0) is 9.52. The summed E-state index contributed by atoms with van der Waals surface area (Å²) in [6, 6.07) is 1.87. The van der Waals surface area contributed by atoms with Gasteiger partial charge in [0.15, 0.2) is 0 Å². The number of aromatic nitrogens is 1. The summed E-state index contributed by atoms with van der Waals surface area (Å²) >= 11 is 0. The molecule has 1 aromatic rings. The zero-order valence-electron chi connectivity index (χ0n) is 7.66. The molecule has 5 N–H and O–H groups in total. The van der Waals surface area contributed by atoms with Gasteiger partial charge in [-0.25, -0.2) is 0 Å². The number of anilines is 2. The Hall–Kier alpha value is -1.29. The molecule has 0 aliphatic heterocycles. The van der Waals surface area contributed by atoms with Crippen LogP contribution in [0.25, 0.3) is 0 Å². The normalized spacial score (nSPS) is 9.92. The quantitative estimate of drug-likeness (QED) is 0.586. The smallest absolute Gasteiger partial charge is 0.0736 e. The molecule has 4 nitrogen and oxygen atoms in total. The molecular formula is C9H16N4. The number of unbranched alkanes of at least 4 members (excludes halogenated alkanes) is 1. The summed E-state index contributed by atoms with van der Waals surface area (Å²) in [5.41, 5.74) is 12.7. The summed E-state index contributed by atoms with van der Waals surface area (Å²) in [4.78, 5) is 3.90. The number of hydrogen-bond acceptors (Lipinski definition) is 4. The zero-order valence-corrected chi connectivity index (χ0v) is 7.66.